The zero-order chi connectivity index (χ0) is 21.6. The first-order valence-electron chi connectivity index (χ1n) is 9.67. The smallest absolute Gasteiger partial charge is 0.209 e. The van der Waals surface area contributed by atoms with Crippen LogP contribution >= 0.6 is 0 Å². The normalized spacial score (nSPS) is 11.7. The average Bonchev–Trinajstić information content (AvgIpc) is 2.80. The Morgan fingerprint density at radius 1 is 1.06 bits per heavy atom. The van der Waals surface area contributed by atoms with Crippen LogP contribution in [0, 0.1) is 6.92 Å². The molecule has 7 heteroatoms. The maximum atomic E-state index is 12.6. The van der Waals surface area contributed by atoms with Crippen molar-refractivity contribution in [2.45, 2.75) is 6.92 Å². The molecule has 0 fully saturated rings. The van der Waals surface area contributed by atoms with Crippen molar-refractivity contribution in [3.63, 3.8) is 0 Å². The van der Waals surface area contributed by atoms with E-state index in [4.69, 9.17) is 5.73 Å². The third-order valence-corrected chi connectivity index (χ3v) is 4.62. The van der Waals surface area contributed by atoms with Gasteiger partial charge in [0, 0.05) is 24.0 Å². The highest BCUT2D eigenvalue weighted by molar-refractivity contribution is 6.08. The highest BCUT2D eigenvalue weighted by Gasteiger charge is 2.11. The Morgan fingerprint density at radius 2 is 1.90 bits per heavy atom. The van der Waals surface area contributed by atoms with E-state index in [2.05, 4.69) is 20.3 Å². The maximum absolute atomic E-state index is 12.6. The maximum Gasteiger partial charge on any atom is 0.209 e. The number of rotatable bonds is 5. The van der Waals surface area contributed by atoms with Gasteiger partial charge in [0.2, 0.25) is 5.43 Å². The molecule has 2 N–H and O–H groups in total. The Morgan fingerprint density at radius 3 is 2.61 bits per heavy atom. The van der Waals surface area contributed by atoms with Crippen molar-refractivity contribution in [1.29, 1.82) is 0 Å². The Kier molecular flexibility index (Phi) is 5.75. The summed E-state index contributed by atoms with van der Waals surface area (Å²) in [4.78, 5) is 17.1. The molecular formula is C24H20N6O. The molecule has 0 saturated heterocycles. The SMILES string of the molecule is Cc1cc(-c2cccnn2)ccc1-n1ccc(=O)c(C(C=CN)=Nc2ccccc2)n1. The number of aliphatic imine (C=N–C) groups is 1. The van der Waals surface area contributed by atoms with E-state index in [1.54, 1.807) is 23.2 Å². The predicted molar refractivity (Wildman–Crippen MR) is 122 cm³/mol. The number of para-hydroxylation sites is 1. The van der Waals surface area contributed by atoms with Gasteiger partial charge >= 0.3 is 0 Å². The quantitative estimate of drug-likeness (QED) is 0.509. The molecule has 0 aliphatic heterocycles. The van der Waals surface area contributed by atoms with Crippen LogP contribution in [0.25, 0.3) is 16.9 Å². The van der Waals surface area contributed by atoms with Gasteiger partial charge in [-0.15, -0.1) is 0 Å². The lowest BCUT2D eigenvalue weighted by Gasteiger charge is -2.12. The van der Waals surface area contributed by atoms with Crippen LogP contribution in [0.1, 0.15) is 11.3 Å². The molecule has 152 valence electrons. The van der Waals surface area contributed by atoms with Gasteiger partial charge in [-0.1, -0.05) is 24.3 Å². The summed E-state index contributed by atoms with van der Waals surface area (Å²) in [5.41, 5.74) is 10.2. The van der Waals surface area contributed by atoms with Gasteiger partial charge in [0.25, 0.3) is 0 Å². The number of allylic oxidation sites excluding steroid dienone is 1. The molecule has 0 spiro atoms. The molecule has 0 aliphatic carbocycles. The van der Waals surface area contributed by atoms with Crippen LogP contribution in [0.5, 0.6) is 0 Å². The Labute approximate surface area is 179 Å². The molecule has 0 aliphatic rings. The standard InChI is InChI=1S/C24H20N6O/c1-17-16-18(20-8-5-14-26-28-20)9-10-22(17)30-15-12-23(31)24(29-30)21(11-13-25)27-19-6-3-2-4-7-19/h2-16H,25H2,1H3. The van der Waals surface area contributed by atoms with Gasteiger partial charge in [-0.3, -0.25) is 4.79 Å². The first-order chi connectivity index (χ1) is 15.2. The number of hydrogen-bond donors (Lipinski definition) is 1. The minimum absolute atomic E-state index is 0.213. The van der Waals surface area contributed by atoms with Crippen molar-refractivity contribution < 1.29 is 0 Å². The van der Waals surface area contributed by atoms with Crippen LogP contribution in [0.15, 0.2) is 101 Å². The van der Waals surface area contributed by atoms with Crippen molar-refractivity contribution >= 4 is 11.4 Å². The second kappa shape index (κ2) is 8.96. The number of aryl methyl sites for hydroxylation is 1. The van der Waals surface area contributed by atoms with Crippen LogP contribution in [-0.2, 0) is 0 Å². The molecule has 0 bridgehead atoms. The molecule has 4 rings (SSSR count). The second-order valence-electron chi connectivity index (χ2n) is 6.78. The Hall–Kier alpha value is -4.39. The van der Waals surface area contributed by atoms with Gasteiger partial charge in [-0.25, -0.2) is 9.67 Å². The molecular weight excluding hydrogens is 388 g/mol. The van der Waals surface area contributed by atoms with Gasteiger partial charge in [0.1, 0.15) is 0 Å². The topological polar surface area (TPSA) is 99.0 Å². The molecule has 2 aromatic carbocycles. The van der Waals surface area contributed by atoms with Gasteiger partial charge in [-0.2, -0.15) is 15.3 Å². The molecule has 2 aromatic heterocycles. The predicted octanol–water partition coefficient (Wildman–Crippen LogP) is 3.59. The summed E-state index contributed by atoms with van der Waals surface area (Å²) in [6.07, 6.45) is 6.20. The third-order valence-electron chi connectivity index (χ3n) is 4.62. The lowest BCUT2D eigenvalue weighted by atomic mass is 10.1. The Balaban J connectivity index is 1.77. The molecule has 2 heterocycles. The van der Waals surface area contributed by atoms with Crippen LogP contribution < -0.4 is 11.2 Å². The zero-order valence-corrected chi connectivity index (χ0v) is 16.9. The summed E-state index contributed by atoms with van der Waals surface area (Å²) < 4.78 is 1.66. The van der Waals surface area contributed by atoms with E-state index in [1.165, 1.54) is 12.3 Å². The van der Waals surface area contributed by atoms with E-state index in [0.29, 0.717) is 11.4 Å². The van der Waals surface area contributed by atoms with Gasteiger partial charge in [0.05, 0.1) is 22.8 Å². The highest BCUT2D eigenvalue weighted by atomic mass is 16.1. The van der Waals surface area contributed by atoms with E-state index in [0.717, 1.165) is 22.5 Å². The molecule has 31 heavy (non-hydrogen) atoms. The summed E-state index contributed by atoms with van der Waals surface area (Å²) in [5, 5.41) is 12.6. The summed E-state index contributed by atoms with van der Waals surface area (Å²) >= 11 is 0. The largest absolute Gasteiger partial charge is 0.405 e. The van der Waals surface area contributed by atoms with Crippen molar-refractivity contribution in [1.82, 2.24) is 20.0 Å². The fraction of sp³-hybridized carbons (Fsp3) is 0.0417. The number of nitrogens with zero attached hydrogens (tertiary/aromatic N) is 5. The first kappa shape index (κ1) is 19.9. The summed E-state index contributed by atoms with van der Waals surface area (Å²) in [6, 6.07) is 20.5. The van der Waals surface area contributed by atoms with Crippen molar-refractivity contribution in [3.8, 4) is 16.9 Å². The summed E-state index contributed by atoms with van der Waals surface area (Å²) in [6.45, 7) is 1.98. The molecule has 0 unspecified atom stereocenters. The Bertz CT molecular complexity index is 1310. The zero-order valence-electron chi connectivity index (χ0n) is 16.9. The number of nitrogens with two attached hydrogens (primary N) is 1. The third kappa shape index (κ3) is 4.45. The molecule has 0 amide bonds. The van der Waals surface area contributed by atoms with Crippen LogP contribution in [-0.4, -0.2) is 25.7 Å². The summed E-state index contributed by atoms with van der Waals surface area (Å²) in [5.74, 6) is 0. The second-order valence-corrected chi connectivity index (χ2v) is 6.78. The van der Waals surface area contributed by atoms with Gasteiger partial charge < -0.3 is 5.73 Å². The van der Waals surface area contributed by atoms with E-state index in [9.17, 15) is 4.79 Å². The molecule has 0 saturated carbocycles. The van der Waals surface area contributed by atoms with E-state index in [-0.39, 0.29) is 11.1 Å². The number of benzene rings is 2. The van der Waals surface area contributed by atoms with Crippen LogP contribution in [0.3, 0.4) is 0 Å². The first-order valence-corrected chi connectivity index (χ1v) is 9.67. The van der Waals surface area contributed by atoms with Gasteiger partial charge in [-0.05, 0) is 61.2 Å². The van der Waals surface area contributed by atoms with Crippen molar-refractivity contribution in [3.05, 3.63) is 113 Å². The number of hydrogen-bond acceptors (Lipinski definition) is 6. The highest BCUT2D eigenvalue weighted by Crippen LogP contribution is 2.22. The van der Waals surface area contributed by atoms with Crippen LogP contribution in [0.2, 0.25) is 0 Å². The van der Waals surface area contributed by atoms with Gasteiger partial charge in [0.15, 0.2) is 5.69 Å². The van der Waals surface area contributed by atoms with Crippen molar-refractivity contribution in [2.24, 2.45) is 10.7 Å². The fourth-order valence-electron chi connectivity index (χ4n) is 3.15. The summed E-state index contributed by atoms with van der Waals surface area (Å²) in [7, 11) is 0. The molecule has 0 atom stereocenters. The monoisotopic (exact) mass is 408 g/mol. The van der Waals surface area contributed by atoms with E-state index >= 15 is 0 Å². The lowest BCUT2D eigenvalue weighted by Crippen LogP contribution is -2.20. The van der Waals surface area contributed by atoms with E-state index < -0.39 is 0 Å². The minimum Gasteiger partial charge on any atom is -0.405 e. The average molecular weight is 408 g/mol. The minimum atomic E-state index is -0.238. The van der Waals surface area contributed by atoms with E-state index in [1.807, 2.05) is 67.6 Å². The molecule has 4 aromatic rings. The lowest BCUT2D eigenvalue weighted by molar-refractivity contribution is 0.823. The molecule has 7 nitrogen and oxygen atoms in total. The number of aromatic nitrogens is 4. The van der Waals surface area contributed by atoms with Crippen molar-refractivity contribution in [2.75, 3.05) is 0 Å². The van der Waals surface area contributed by atoms with Crippen LogP contribution in [0.4, 0.5) is 5.69 Å². The molecule has 0 radical (unpaired) electrons. The fourth-order valence-corrected chi connectivity index (χ4v) is 3.15.